The summed E-state index contributed by atoms with van der Waals surface area (Å²) < 4.78 is 6.19. The molecule has 0 bridgehead atoms. The van der Waals surface area contributed by atoms with Crippen molar-refractivity contribution in [2.24, 2.45) is 5.41 Å². The van der Waals surface area contributed by atoms with E-state index < -0.39 is 0 Å². The Morgan fingerprint density at radius 3 is 2.58 bits per heavy atom. The highest BCUT2D eigenvalue weighted by molar-refractivity contribution is 7.80. The van der Waals surface area contributed by atoms with Gasteiger partial charge in [-0.3, -0.25) is 0 Å². The maximum atomic E-state index is 6.19. The zero-order chi connectivity index (χ0) is 13.7. The van der Waals surface area contributed by atoms with Crippen molar-refractivity contribution in [2.45, 2.75) is 51.9 Å². The molecule has 1 aromatic carbocycles. The van der Waals surface area contributed by atoms with E-state index in [1.165, 1.54) is 31.2 Å². The smallest absolute Gasteiger partial charge is 0.122 e. The zero-order valence-electron chi connectivity index (χ0n) is 12.2. The fourth-order valence-electron chi connectivity index (χ4n) is 2.94. The first-order valence-corrected chi connectivity index (χ1v) is 8.16. The Labute approximate surface area is 123 Å². The molecule has 2 heteroatoms. The van der Waals surface area contributed by atoms with Gasteiger partial charge >= 0.3 is 0 Å². The summed E-state index contributed by atoms with van der Waals surface area (Å²) >= 11 is 4.55. The summed E-state index contributed by atoms with van der Waals surface area (Å²) in [6, 6.07) is 8.50. The number of rotatable bonds is 6. The molecule has 106 valence electrons. The molecule has 1 aliphatic carbocycles. The van der Waals surface area contributed by atoms with Gasteiger partial charge in [-0.15, -0.1) is 0 Å². The molecule has 0 N–H and O–H groups in total. The van der Waals surface area contributed by atoms with Gasteiger partial charge in [0, 0.05) is 5.41 Å². The molecule has 1 unspecified atom stereocenters. The predicted octanol–water partition coefficient (Wildman–Crippen LogP) is 5.07. The van der Waals surface area contributed by atoms with Gasteiger partial charge in [0.25, 0.3) is 0 Å². The molecular weight excluding hydrogens is 252 g/mol. The average Bonchev–Trinajstić information content (AvgIpc) is 2.94. The third-order valence-electron chi connectivity index (χ3n) is 4.60. The van der Waals surface area contributed by atoms with Crippen molar-refractivity contribution in [1.29, 1.82) is 0 Å². The molecule has 19 heavy (non-hydrogen) atoms. The molecule has 0 aromatic heterocycles. The maximum absolute atomic E-state index is 6.19. The first-order valence-electron chi connectivity index (χ1n) is 7.53. The fourth-order valence-corrected chi connectivity index (χ4v) is 3.35. The summed E-state index contributed by atoms with van der Waals surface area (Å²) in [6.45, 7) is 5.32. The number of hydrogen-bond donors (Lipinski definition) is 1. The summed E-state index contributed by atoms with van der Waals surface area (Å²) in [5.41, 5.74) is 1.66. The van der Waals surface area contributed by atoms with E-state index in [4.69, 9.17) is 4.74 Å². The van der Waals surface area contributed by atoms with Crippen LogP contribution in [0.4, 0.5) is 0 Å². The van der Waals surface area contributed by atoms with Gasteiger partial charge in [-0.1, -0.05) is 44.9 Å². The van der Waals surface area contributed by atoms with Crippen molar-refractivity contribution in [2.75, 3.05) is 12.4 Å². The van der Waals surface area contributed by atoms with Crippen LogP contribution >= 0.6 is 12.6 Å². The van der Waals surface area contributed by atoms with Crippen molar-refractivity contribution < 1.29 is 4.74 Å². The molecular formula is C17H26OS. The first kappa shape index (κ1) is 14.8. The Bertz CT molecular complexity index is 396. The van der Waals surface area contributed by atoms with Crippen molar-refractivity contribution >= 4 is 12.6 Å². The molecule has 1 aliphatic rings. The second-order valence-electron chi connectivity index (χ2n) is 6.00. The van der Waals surface area contributed by atoms with Crippen molar-refractivity contribution in [1.82, 2.24) is 0 Å². The summed E-state index contributed by atoms with van der Waals surface area (Å²) in [5, 5.41) is 0. The van der Waals surface area contributed by atoms with Crippen LogP contribution in [0.5, 0.6) is 5.75 Å². The number of benzene rings is 1. The second-order valence-corrected chi connectivity index (χ2v) is 6.32. The van der Waals surface area contributed by atoms with Gasteiger partial charge in [0.05, 0.1) is 6.61 Å². The van der Waals surface area contributed by atoms with Crippen molar-refractivity contribution in [3.8, 4) is 5.75 Å². The van der Waals surface area contributed by atoms with Crippen LogP contribution in [0.2, 0.25) is 0 Å². The molecule has 1 aromatic rings. The van der Waals surface area contributed by atoms with Crippen LogP contribution in [0.25, 0.3) is 0 Å². The molecule has 1 saturated carbocycles. The Morgan fingerprint density at radius 2 is 1.95 bits per heavy atom. The Morgan fingerprint density at radius 1 is 1.26 bits per heavy atom. The summed E-state index contributed by atoms with van der Waals surface area (Å²) in [4.78, 5) is 0. The maximum Gasteiger partial charge on any atom is 0.122 e. The number of ether oxygens (including phenoxy) is 1. The largest absolute Gasteiger partial charge is 0.493 e. The van der Waals surface area contributed by atoms with Crippen LogP contribution in [0.3, 0.4) is 0 Å². The van der Waals surface area contributed by atoms with E-state index in [0.29, 0.717) is 11.3 Å². The fraction of sp³-hybridized carbons (Fsp3) is 0.647. The summed E-state index contributed by atoms with van der Waals surface area (Å²) in [5.74, 6) is 2.58. The Hall–Kier alpha value is -0.630. The van der Waals surface area contributed by atoms with E-state index in [2.05, 4.69) is 50.7 Å². The lowest BCUT2D eigenvalue weighted by Gasteiger charge is -2.28. The highest BCUT2D eigenvalue weighted by Gasteiger charge is 2.33. The lowest BCUT2D eigenvalue weighted by Crippen LogP contribution is -2.27. The van der Waals surface area contributed by atoms with Gasteiger partial charge in [-0.05, 0) is 42.6 Å². The van der Waals surface area contributed by atoms with Gasteiger partial charge < -0.3 is 4.74 Å². The molecule has 0 radical (unpaired) electrons. The molecule has 0 amide bonds. The van der Waals surface area contributed by atoms with Crippen LogP contribution in [-0.4, -0.2) is 12.4 Å². The highest BCUT2D eigenvalue weighted by Crippen LogP contribution is 2.40. The molecule has 1 fully saturated rings. The van der Waals surface area contributed by atoms with Crippen LogP contribution in [-0.2, 0) is 0 Å². The molecule has 2 rings (SSSR count). The van der Waals surface area contributed by atoms with E-state index in [0.717, 1.165) is 24.5 Å². The number of para-hydroxylation sites is 1. The lowest BCUT2D eigenvalue weighted by molar-refractivity contribution is 0.171. The zero-order valence-corrected chi connectivity index (χ0v) is 13.1. The minimum atomic E-state index is 0.311. The van der Waals surface area contributed by atoms with E-state index in [1.807, 2.05) is 0 Å². The molecule has 0 spiro atoms. The van der Waals surface area contributed by atoms with Crippen LogP contribution in [0.1, 0.15) is 57.4 Å². The third-order valence-corrected chi connectivity index (χ3v) is 5.27. The third kappa shape index (κ3) is 3.47. The first-order chi connectivity index (χ1) is 9.21. The lowest BCUT2D eigenvalue weighted by atomic mass is 9.89. The molecule has 0 aliphatic heterocycles. The van der Waals surface area contributed by atoms with Crippen LogP contribution < -0.4 is 4.74 Å². The van der Waals surface area contributed by atoms with E-state index in [-0.39, 0.29) is 0 Å². The molecule has 0 heterocycles. The van der Waals surface area contributed by atoms with Crippen molar-refractivity contribution in [3.63, 3.8) is 0 Å². The number of hydrogen-bond acceptors (Lipinski definition) is 2. The van der Waals surface area contributed by atoms with Gasteiger partial charge in [0.2, 0.25) is 0 Å². The minimum Gasteiger partial charge on any atom is -0.493 e. The minimum absolute atomic E-state index is 0.311. The molecule has 1 nitrogen and oxygen atoms in total. The normalized spacial score (nSPS) is 19.3. The Kier molecular flexibility index (Phi) is 5.20. The Balaban J connectivity index is 2.06. The van der Waals surface area contributed by atoms with E-state index >= 15 is 0 Å². The highest BCUT2D eigenvalue weighted by atomic mass is 32.1. The number of thiol groups is 1. The monoisotopic (exact) mass is 278 g/mol. The topological polar surface area (TPSA) is 9.23 Å². The molecule has 1 atom stereocenters. The molecule has 0 saturated heterocycles. The SMILES string of the molecule is CCC(C)c1ccccc1OCC1(CS)CCCC1. The van der Waals surface area contributed by atoms with Gasteiger partial charge in [0.15, 0.2) is 0 Å². The van der Waals surface area contributed by atoms with Crippen molar-refractivity contribution in [3.05, 3.63) is 29.8 Å². The van der Waals surface area contributed by atoms with Gasteiger partial charge in [-0.2, -0.15) is 12.6 Å². The van der Waals surface area contributed by atoms with E-state index in [1.54, 1.807) is 0 Å². The summed E-state index contributed by atoms with van der Waals surface area (Å²) in [6.07, 6.45) is 6.34. The summed E-state index contributed by atoms with van der Waals surface area (Å²) in [7, 11) is 0. The standard InChI is InChI=1S/C17H26OS/c1-3-14(2)15-8-4-5-9-16(15)18-12-17(13-19)10-6-7-11-17/h4-5,8-9,14,19H,3,6-7,10-13H2,1-2H3. The quantitative estimate of drug-likeness (QED) is 0.715. The van der Waals surface area contributed by atoms with E-state index in [9.17, 15) is 0 Å². The second kappa shape index (κ2) is 6.69. The average molecular weight is 278 g/mol. The predicted molar refractivity (Wildman–Crippen MR) is 85.4 cm³/mol. The van der Waals surface area contributed by atoms with Gasteiger partial charge in [0.1, 0.15) is 5.75 Å². The van der Waals surface area contributed by atoms with Crippen LogP contribution in [0, 0.1) is 5.41 Å². The van der Waals surface area contributed by atoms with Gasteiger partial charge in [-0.25, -0.2) is 0 Å². The van der Waals surface area contributed by atoms with Crippen LogP contribution in [0.15, 0.2) is 24.3 Å².